The average Bonchev–Trinajstić information content (AvgIpc) is 3.55. The molecule has 5 aromatic rings. The van der Waals surface area contributed by atoms with Crippen LogP contribution in [0.1, 0.15) is 42.5 Å². The number of benzene rings is 2. The topological polar surface area (TPSA) is 90.9 Å². The van der Waals surface area contributed by atoms with E-state index < -0.39 is 0 Å². The summed E-state index contributed by atoms with van der Waals surface area (Å²) in [5.41, 5.74) is 7.78. The fourth-order valence-electron chi connectivity index (χ4n) is 4.87. The van der Waals surface area contributed by atoms with Gasteiger partial charge in [0.15, 0.2) is 11.4 Å². The Hall–Kier alpha value is -3.95. The van der Waals surface area contributed by atoms with Gasteiger partial charge in [-0.2, -0.15) is 0 Å². The minimum Gasteiger partial charge on any atom is -0.434 e. The number of methoxy groups -OCH3 is 1. The molecule has 0 spiro atoms. The van der Waals surface area contributed by atoms with Crippen molar-refractivity contribution >= 4 is 11.1 Å². The number of hydrogen-bond acceptors (Lipinski definition) is 7. The van der Waals surface area contributed by atoms with Gasteiger partial charge in [-0.1, -0.05) is 12.1 Å². The molecule has 0 unspecified atom stereocenters. The number of oxazole rings is 1. The summed E-state index contributed by atoms with van der Waals surface area (Å²) in [5, 5.41) is 11.7. The number of hydrogen-bond donors (Lipinski definition) is 1. The molecule has 1 aliphatic carbocycles. The maximum atomic E-state index is 14.4. The second kappa shape index (κ2) is 10.3. The molecule has 0 aliphatic heterocycles. The van der Waals surface area contributed by atoms with Crippen LogP contribution in [-0.2, 0) is 18.3 Å². The summed E-state index contributed by atoms with van der Waals surface area (Å²) in [6.07, 6.45) is 3.95. The molecule has 6 rings (SSSR count). The molecule has 2 aromatic carbocycles. The van der Waals surface area contributed by atoms with Crippen molar-refractivity contribution in [2.45, 2.75) is 45.3 Å². The van der Waals surface area contributed by atoms with Crippen molar-refractivity contribution in [2.24, 2.45) is 7.05 Å². The summed E-state index contributed by atoms with van der Waals surface area (Å²) in [7, 11) is 3.56. The second-order valence-electron chi connectivity index (χ2n) is 10.4. The van der Waals surface area contributed by atoms with Crippen LogP contribution in [0, 0.1) is 12.7 Å². The molecular formula is C30H31FN6O2. The van der Waals surface area contributed by atoms with Crippen molar-refractivity contribution in [3.63, 3.8) is 0 Å². The number of ether oxygens (including phenoxy) is 1. The number of halogens is 1. The van der Waals surface area contributed by atoms with Crippen LogP contribution in [-0.4, -0.2) is 44.5 Å². The van der Waals surface area contributed by atoms with Crippen LogP contribution in [0.2, 0.25) is 0 Å². The Balaban J connectivity index is 1.41. The van der Waals surface area contributed by atoms with Gasteiger partial charge < -0.3 is 19.0 Å². The van der Waals surface area contributed by atoms with Crippen molar-refractivity contribution in [3.8, 4) is 34.1 Å². The van der Waals surface area contributed by atoms with E-state index in [1.807, 2.05) is 27.0 Å². The van der Waals surface area contributed by atoms with E-state index in [1.54, 1.807) is 24.1 Å². The molecule has 1 aliphatic rings. The van der Waals surface area contributed by atoms with Crippen LogP contribution < -0.4 is 5.32 Å². The number of rotatable bonds is 9. The van der Waals surface area contributed by atoms with Crippen molar-refractivity contribution < 1.29 is 13.5 Å². The summed E-state index contributed by atoms with van der Waals surface area (Å²) in [5.74, 6) is 1.14. The molecule has 200 valence electrons. The lowest BCUT2D eigenvalue weighted by Gasteiger charge is -2.12. The third-order valence-corrected chi connectivity index (χ3v) is 7.20. The number of nitrogens with one attached hydrogen (secondary N) is 1. The first-order chi connectivity index (χ1) is 18.9. The SMILES string of the molecule is CO[C@@H](C)CNCc1cc(C)c2oc(-c3cc(-c4ccc(F)cc4-c4nncn4C)cc(C4CC4)n3)nc2c1. The number of aromatic nitrogens is 5. The zero-order chi connectivity index (χ0) is 27.1. The molecule has 1 N–H and O–H groups in total. The summed E-state index contributed by atoms with van der Waals surface area (Å²) >= 11 is 0. The van der Waals surface area contributed by atoms with E-state index in [9.17, 15) is 4.39 Å². The van der Waals surface area contributed by atoms with Gasteiger partial charge in [-0.15, -0.1) is 10.2 Å². The number of nitrogens with zero attached hydrogens (tertiary/aromatic N) is 5. The highest BCUT2D eigenvalue weighted by Gasteiger charge is 2.27. The largest absolute Gasteiger partial charge is 0.434 e. The molecule has 0 bridgehead atoms. The van der Waals surface area contributed by atoms with E-state index in [0.717, 1.165) is 58.4 Å². The first-order valence-corrected chi connectivity index (χ1v) is 13.2. The van der Waals surface area contributed by atoms with Crippen LogP contribution in [0.4, 0.5) is 4.39 Å². The number of fused-ring (bicyclic) bond motifs is 1. The molecule has 8 nitrogen and oxygen atoms in total. The van der Waals surface area contributed by atoms with Gasteiger partial charge in [-0.3, -0.25) is 0 Å². The molecule has 0 amide bonds. The monoisotopic (exact) mass is 526 g/mol. The van der Waals surface area contributed by atoms with Crippen LogP contribution in [0.15, 0.2) is 53.2 Å². The van der Waals surface area contributed by atoms with Gasteiger partial charge in [-0.25, -0.2) is 14.4 Å². The smallest absolute Gasteiger partial charge is 0.246 e. The quantitative estimate of drug-likeness (QED) is 0.259. The van der Waals surface area contributed by atoms with Crippen LogP contribution >= 0.6 is 0 Å². The molecule has 3 heterocycles. The van der Waals surface area contributed by atoms with E-state index in [4.69, 9.17) is 19.1 Å². The molecule has 39 heavy (non-hydrogen) atoms. The van der Waals surface area contributed by atoms with Crippen LogP contribution in [0.5, 0.6) is 0 Å². The number of pyridine rings is 1. The van der Waals surface area contributed by atoms with Crippen LogP contribution in [0.25, 0.3) is 45.2 Å². The molecule has 9 heteroatoms. The summed E-state index contributed by atoms with van der Waals surface area (Å²) in [6.45, 7) is 5.54. The van der Waals surface area contributed by atoms with Crippen molar-refractivity contribution in [3.05, 3.63) is 71.4 Å². The van der Waals surface area contributed by atoms with E-state index in [2.05, 4.69) is 33.7 Å². The van der Waals surface area contributed by atoms with E-state index >= 15 is 0 Å². The van der Waals surface area contributed by atoms with Crippen molar-refractivity contribution in [2.75, 3.05) is 13.7 Å². The minimum atomic E-state index is -0.329. The molecule has 1 saturated carbocycles. The molecule has 3 aromatic heterocycles. The lowest BCUT2D eigenvalue weighted by atomic mass is 9.97. The highest BCUT2D eigenvalue weighted by atomic mass is 19.1. The van der Waals surface area contributed by atoms with Gasteiger partial charge in [0.2, 0.25) is 5.89 Å². The summed E-state index contributed by atoms with van der Waals surface area (Å²) < 4.78 is 27.8. The maximum absolute atomic E-state index is 14.4. The standard InChI is InChI=1S/C30H31FN6O2/c1-17-9-19(15-32-14-18(2)38-4)10-26-28(17)39-30(35-26)27-12-21(11-25(34-27)20-5-6-20)23-8-7-22(31)13-24(23)29-36-33-16-37(29)3/h7-13,16,18,20,32H,5-6,14-15H2,1-4H3/t18-/m0/s1. The Bertz CT molecular complexity index is 1660. The Morgan fingerprint density at radius 1 is 1.13 bits per heavy atom. The zero-order valence-corrected chi connectivity index (χ0v) is 22.5. The van der Waals surface area contributed by atoms with Crippen molar-refractivity contribution in [1.82, 2.24) is 30.0 Å². The van der Waals surface area contributed by atoms with E-state index in [-0.39, 0.29) is 11.9 Å². The fraction of sp³-hybridized carbons (Fsp3) is 0.333. The minimum absolute atomic E-state index is 0.141. The zero-order valence-electron chi connectivity index (χ0n) is 22.5. The van der Waals surface area contributed by atoms with Crippen LogP contribution in [0.3, 0.4) is 0 Å². The summed E-state index contributed by atoms with van der Waals surface area (Å²) in [6, 6.07) is 13.0. The average molecular weight is 527 g/mol. The molecule has 1 atom stereocenters. The predicted molar refractivity (Wildman–Crippen MR) is 148 cm³/mol. The first kappa shape index (κ1) is 25.3. The second-order valence-corrected chi connectivity index (χ2v) is 10.4. The molecule has 0 saturated heterocycles. The number of aryl methyl sites for hydroxylation is 2. The van der Waals surface area contributed by atoms with Crippen molar-refractivity contribution in [1.29, 1.82) is 0 Å². The normalized spacial score (nSPS) is 14.3. The Morgan fingerprint density at radius 3 is 2.72 bits per heavy atom. The van der Waals surface area contributed by atoms with Gasteiger partial charge in [-0.05, 0) is 79.3 Å². The first-order valence-electron chi connectivity index (χ1n) is 13.2. The third kappa shape index (κ3) is 5.20. The highest BCUT2D eigenvalue weighted by molar-refractivity contribution is 5.84. The molecular weight excluding hydrogens is 495 g/mol. The Labute approximate surface area is 226 Å². The van der Waals surface area contributed by atoms with Gasteiger partial charge in [0.05, 0.1) is 6.10 Å². The lowest BCUT2D eigenvalue weighted by molar-refractivity contribution is 0.117. The lowest BCUT2D eigenvalue weighted by Crippen LogP contribution is -2.25. The van der Waals surface area contributed by atoms with E-state index in [1.165, 1.54) is 12.1 Å². The third-order valence-electron chi connectivity index (χ3n) is 7.20. The Kier molecular flexibility index (Phi) is 6.70. The van der Waals surface area contributed by atoms with Gasteiger partial charge in [0.1, 0.15) is 23.4 Å². The van der Waals surface area contributed by atoms with Gasteiger partial charge >= 0.3 is 0 Å². The molecule has 1 fully saturated rings. The predicted octanol–water partition coefficient (Wildman–Crippen LogP) is 5.80. The van der Waals surface area contributed by atoms with E-state index in [0.29, 0.717) is 35.4 Å². The maximum Gasteiger partial charge on any atom is 0.246 e. The Morgan fingerprint density at radius 2 is 1.97 bits per heavy atom. The van der Waals surface area contributed by atoms with Gasteiger partial charge in [0.25, 0.3) is 0 Å². The summed E-state index contributed by atoms with van der Waals surface area (Å²) in [4.78, 5) is 9.81. The molecule has 0 radical (unpaired) electrons. The highest BCUT2D eigenvalue weighted by Crippen LogP contribution is 2.42. The fourth-order valence-corrected chi connectivity index (χ4v) is 4.87. The van der Waals surface area contributed by atoms with Gasteiger partial charge in [0, 0.05) is 44.4 Å².